The van der Waals surface area contributed by atoms with Gasteiger partial charge in [0.2, 0.25) is 0 Å². The number of ether oxygens (including phenoxy) is 2. The molecule has 0 radical (unpaired) electrons. The van der Waals surface area contributed by atoms with E-state index in [1.807, 2.05) is 37.3 Å². The molecule has 1 heterocycles. The van der Waals surface area contributed by atoms with Gasteiger partial charge >= 0.3 is 5.63 Å². The number of fused-ring (bicyclic) bond motifs is 1. The average Bonchev–Trinajstić information content (AvgIpc) is 2.60. The molecule has 0 atom stereocenters. The maximum Gasteiger partial charge on any atom is 0.344 e. The van der Waals surface area contributed by atoms with Gasteiger partial charge in [-0.25, -0.2) is 4.79 Å². The number of benzene rings is 2. The Hall–Kier alpha value is -2.75. The van der Waals surface area contributed by atoms with Crippen molar-refractivity contribution in [3.8, 4) is 22.6 Å². The van der Waals surface area contributed by atoms with E-state index in [4.69, 9.17) is 13.9 Å². The summed E-state index contributed by atoms with van der Waals surface area (Å²) >= 11 is 0. The predicted octanol–water partition coefficient (Wildman–Crippen LogP) is 4.04. The minimum Gasteiger partial charge on any atom is -0.497 e. The first kappa shape index (κ1) is 15.2. The first-order valence-corrected chi connectivity index (χ1v) is 7.46. The van der Waals surface area contributed by atoms with Gasteiger partial charge in [-0.2, -0.15) is 0 Å². The second-order valence-electron chi connectivity index (χ2n) is 5.19. The lowest BCUT2D eigenvalue weighted by molar-refractivity contribution is 0.414. The molecular weight excluding hydrogens is 292 g/mol. The van der Waals surface area contributed by atoms with Crippen LogP contribution in [0, 0.1) is 0 Å². The molecule has 2 aromatic carbocycles. The lowest BCUT2D eigenvalue weighted by atomic mass is 9.96. The first-order valence-electron chi connectivity index (χ1n) is 7.46. The largest absolute Gasteiger partial charge is 0.497 e. The molecule has 0 saturated carbocycles. The second kappa shape index (κ2) is 6.16. The Morgan fingerprint density at radius 3 is 2.43 bits per heavy atom. The van der Waals surface area contributed by atoms with Gasteiger partial charge in [-0.3, -0.25) is 0 Å². The highest BCUT2D eigenvalue weighted by Crippen LogP contribution is 2.31. The minimum absolute atomic E-state index is 0.340. The van der Waals surface area contributed by atoms with Crippen LogP contribution in [0.15, 0.2) is 51.7 Å². The first-order chi connectivity index (χ1) is 11.2. The van der Waals surface area contributed by atoms with Gasteiger partial charge in [-0.15, -0.1) is 0 Å². The molecule has 0 bridgehead atoms. The van der Waals surface area contributed by atoms with Crippen LogP contribution >= 0.6 is 0 Å². The molecule has 0 N–H and O–H groups in total. The summed E-state index contributed by atoms with van der Waals surface area (Å²) in [5.74, 6) is 1.44. The van der Waals surface area contributed by atoms with Gasteiger partial charge < -0.3 is 13.9 Å². The van der Waals surface area contributed by atoms with Crippen LogP contribution in [0.3, 0.4) is 0 Å². The van der Waals surface area contributed by atoms with Gasteiger partial charge in [0.1, 0.15) is 17.1 Å². The Morgan fingerprint density at radius 2 is 1.74 bits per heavy atom. The molecule has 3 rings (SSSR count). The zero-order chi connectivity index (χ0) is 16.4. The highest BCUT2D eigenvalue weighted by Gasteiger charge is 2.16. The van der Waals surface area contributed by atoms with Crippen molar-refractivity contribution < 1.29 is 13.9 Å². The standard InChI is InChI=1S/C19H18O4/c1-4-15-16-11-14(22-3)8-9-17(16)23-19(20)18(15)12-6-5-7-13(10-12)21-2/h5-11H,4H2,1-3H3. The maximum absolute atomic E-state index is 12.5. The third-order valence-corrected chi connectivity index (χ3v) is 3.93. The van der Waals surface area contributed by atoms with Gasteiger partial charge in [0.25, 0.3) is 0 Å². The third kappa shape index (κ3) is 2.68. The Morgan fingerprint density at radius 1 is 1.00 bits per heavy atom. The zero-order valence-electron chi connectivity index (χ0n) is 13.4. The molecule has 0 aliphatic carbocycles. The fourth-order valence-corrected chi connectivity index (χ4v) is 2.81. The molecule has 0 aliphatic rings. The topological polar surface area (TPSA) is 48.7 Å². The van der Waals surface area contributed by atoms with Crippen molar-refractivity contribution in [3.05, 3.63) is 58.4 Å². The summed E-state index contributed by atoms with van der Waals surface area (Å²) in [6.07, 6.45) is 0.710. The van der Waals surface area contributed by atoms with E-state index in [0.29, 0.717) is 23.3 Å². The van der Waals surface area contributed by atoms with Crippen molar-refractivity contribution in [3.63, 3.8) is 0 Å². The van der Waals surface area contributed by atoms with E-state index in [-0.39, 0.29) is 5.63 Å². The number of methoxy groups -OCH3 is 2. The zero-order valence-corrected chi connectivity index (χ0v) is 13.4. The monoisotopic (exact) mass is 310 g/mol. The molecular formula is C19H18O4. The normalized spacial score (nSPS) is 10.7. The van der Waals surface area contributed by atoms with Crippen LogP contribution in [-0.4, -0.2) is 14.2 Å². The molecule has 23 heavy (non-hydrogen) atoms. The van der Waals surface area contributed by atoms with Crippen molar-refractivity contribution in [2.24, 2.45) is 0 Å². The number of rotatable bonds is 4. The fourth-order valence-electron chi connectivity index (χ4n) is 2.81. The maximum atomic E-state index is 12.5. The summed E-state index contributed by atoms with van der Waals surface area (Å²) in [7, 11) is 3.22. The van der Waals surface area contributed by atoms with Crippen molar-refractivity contribution in [1.82, 2.24) is 0 Å². The van der Waals surface area contributed by atoms with Crippen LogP contribution in [0.5, 0.6) is 11.5 Å². The number of hydrogen-bond donors (Lipinski definition) is 0. The van der Waals surface area contributed by atoms with Gasteiger partial charge in [0, 0.05) is 5.39 Å². The van der Waals surface area contributed by atoms with Crippen LogP contribution in [-0.2, 0) is 6.42 Å². The van der Waals surface area contributed by atoms with Crippen LogP contribution in [0.2, 0.25) is 0 Å². The number of aryl methyl sites for hydroxylation is 1. The Bertz CT molecular complexity index is 909. The lowest BCUT2D eigenvalue weighted by Gasteiger charge is -2.12. The van der Waals surface area contributed by atoms with E-state index in [2.05, 4.69) is 0 Å². The summed E-state index contributed by atoms with van der Waals surface area (Å²) in [5.41, 5.74) is 2.54. The van der Waals surface area contributed by atoms with Crippen LogP contribution in [0.1, 0.15) is 12.5 Å². The molecule has 0 spiro atoms. The quantitative estimate of drug-likeness (QED) is 0.682. The molecule has 4 heteroatoms. The van der Waals surface area contributed by atoms with Gasteiger partial charge in [-0.05, 0) is 47.9 Å². The predicted molar refractivity (Wildman–Crippen MR) is 90.4 cm³/mol. The third-order valence-electron chi connectivity index (χ3n) is 3.93. The SMILES string of the molecule is CCc1c(-c2cccc(OC)c2)c(=O)oc2ccc(OC)cc12. The molecule has 118 valence electrons. The van der Waals surface area contributed by atoms with Crippen LogP contribution in [0.25, 0.3) is 22.1 Å². The van der Waals surface area contributed by atoms with Gasteiger partial charge in [0.05, 0.1) is 19.8 Å². The fraction of sp³-hybridized carbons (Fsp3) is 0.211. The van der Waals surface area contributed by atoms with Crippen molar-refractivity contribution in [1.29, 1.82) is 0 Å². The van der Waals surface area contributed by atoms with E-state index in [1.54, 1.807) is 26.4 Å². The van der Waals surface area contributed by atoms with Crippen LogP contribution in [0.4, 0.5) is 0 Å². The summed E-state index contributed by atoms with van der Waals surface area (Å²) in [5, 5.41) is 0.893. The Kier molecular flexibility index (Phi) is 4.06. The summed E-state index contributed by atoms with van der Waals surface area (Å²) in [6, 6.07) is 12.9. The van der Waals surface area contributed by atoms with E-state index in [9.17, 15) is 4.79 Å². The molecule has 0 aliphatic heterocycles. The summed E-state index contributed by atoms with van der Waals surface area (Å²) < 4.78 is 16.1. The van der Waals surface area contributed by atoms with E-state index < -0.39 is 0 Å². The van der Waals surface area contributed by atoms with E-state index in [0.717, 1.165) is 22.3 Å². The molecule has 3 aromatic rings. The Balaban J connectivity index is 2.35. The van der Waals surface area contributed by atoms with Gasteiger partial charge in [-0.1, -0.05) is 19.1 Å². The van der Waals surface area contributed by atoms with E-state index in [1.165, 1.54) is 0 Å². The number of hydrogen-bond acceptors (Lipinski definition) is 4. The molecule has 0 fully saturated rings. The second-order valence-corrected chi connectivity index (χ2v) is 5.19. The molecule has 4 nitrogen and oxygen atoms in total. The molecule has 1 aromatic heterocycles. The lowest BCUT2D eigenvalue weighted by Crippen LogP contribution is -2.08. The summed E-state index contributed by atoms with van der Waals surface area (Å²) in [6.45, 7) is 2.03. The van der Waals surface area contributed by atoms with Crippen molar-refractivity contribution in [2.75, 3.05) is 14.2 Å². The van der Waals surface area contributed by atoms with Crippen molar-refractivity contribution in [2.45, 2.75) is 13.3 Å². The highest BCUT2D eigenvalue weighted by atomic mass is 16.5. The average molecular weight is 310 g/mol. The van der Waals surface area contributed by atoms with E-state index >= 15 is 0 Å². The van der Waals surface area contributed by atoms with Crippen molar-refractivity contribution >= 4 is 11.0 Å². The Labute approximate surface area is 134 Å². The van der Waals surface area contributed by atoms with Gasteiger partial charge in [0.15, 0.2) is 0 Å². The minimum atomic E-state index is -0.340. The molecule has 0 unspecified atom stereocenters. The molecule has 0 saturated heterocycles. The van der Waals surface area contributed by atoms with Crippen LogP contribution < -0.4 is 15.1 Å². The molecule has 0 amide bonds. The smallest absolute Gasteiger partial charge is 0.344 e. The summed E-state index contributed by atoms with van der Waals surface area (Å²) in [4.78, 5) is 12.5. The highest BCUT2D eigenvalue weighted by molar-refractivity contribution is 5.88.